The van der Waals surface area contributed by atoms with Crippen molar-refractivity contribution in [3.8, 4) is 0 Å². The third-order valence-corrected chi connectivity index (χ3v) is 3.61. The first-order valence-electron chi connectivity index (χ1n) is 6.22. The summed E-state index contributed by atoms with van der Waals surface area (Å²) in [5.41, 5.74) is 7.72. The van der Waals surface area contributed by atoms with Gasteiger partial charge in [0.1, 0.15) is 12.1 Å². The maximum Gasteiger partial charge on any atom is 0.163 e. The summed E-state index contributed by atoms with van der Waals surface area (Å²) in [4.78, 5) is 8.39. The van der Waals surface area contributed by atoms with E-state index in [2.05, 4.69) is 19.7 Å². The molecule has 5 heteroatoms. The SMILES string of the molecule is Cc1nn(C2CCCCC2)c2ncnc(N)c12. The summed E-state index contributed by atoms with van der Waals surface area (Å²) in [5.74, 6) is 0.537. The highest BCUT2D eigenvalue weighted by molar-refractivity contribution is 5.87. The molecule has 90 valence electrons. The van der Waals surface area contributed by atoms with Crippen molar-refractivity contribution in [3.05, 3.63) is 12.0 Å². The van der Waals surface area contributed by atoms with E-state index in [-0.39, 0.29) is 0 Å². The van der Waals surface area contributed by atoms with E-state index in [1.165, 1.54) is 38.4 Å². The van der Waals surface area contributed by atoms with Gasteiger partial charge in [0.05, 0.1) is 17.1 Å². The largest absolute Gasteiger partial charge is 0.383 e. The van der Waals surface area contributed by atoms with E-state index in [0.717, 1.165) is 16.7 Å². The number of rotatable bonds is 1. The van der Waals surface area contributed by atoms with Gasteiger partial charge in [-0.1, -0.05) is 19.3 Å². The van der Waals surface area contributed by atoms with Crippen molar-refractivity contribution in [3.63, 3.8) is 0 Å². The molecule has 17 heavy (non-hydrogen) atoms. The van der Waals surface area contributed by atoms with Crippen molar-refractivity contribution < 1.29 is 0 Å². The first-order chi connectivity index (χ1) is 8.27. The van der Waals surface area contributed by atoms with Crippen molar-refractivity contribution >= 4 is 16.9 Å². The second kappa shape index (κ2) is 3.98. The Bertz CT molecular complexity index is 539. The lowest BCUT2D eigenvalue weighted by atomic mass is 9.96. The molecule has 1 aliphatic rings. The first-order valence-corrected chi connectivity index (χ1v) is 6.22. The van der Waals surface area contributed by atoms with Crippen LogP contribution in [-0.4, -0.2) is 19.7 Å². The molecule has 0 atom stereocenters. The Hall–Kier alpha value is -1.65. The Balaban J connectivity index is 2.13. The van der Waals surface area contributed by atoms with Crippen LogP contribution in [0.25, 0.3) is 11.0 Å². The highest BCUT2D eigenvalue weighted by Gasteiger charge is 2.21. The quantitative estimate of drug-likeness (QED) is 0.817. The van der Waals surface area contributed by atoms with Gasteiger partial charge in [-0.3, -0.25) is 0 Å². The Morgan fingerprint density at radius 1 is 1.24 bits per heavy atom. The summed E-state index contributed by atoms with van der Waals surface area (Å²) in [6.07, 6.45) is 7.82. The molecule has 2 N–H and O–H groups in total. The van der Waals surface area contributed by atoms with Crippen LogP contribution in [0.5, 0.6) is 0 Å². The fourth-order valence-corrected chi connectivity index (χ4v) is 2.75. The molecule has 1 saturated carbocycles. The summed E-state index contributed by atoms with van der Waals surface area (Å²) in [5, 5.41) is 5.52. The van der Waals surface area contributed by atoms with Gasteiger partial charge < -0.3 is 5.73 Å². The van der Waals surface area contributed by atoms with Gasteiger partial charge in [-0.05, 0) is 19.8 Å². The number of hydrogen-bond acceptors (Lipinski definition) is 4. The van der Waals surface area contributed by atoms with Crippen molar-refractivity contribution in [1.29, 1.82) is 0 Å². The Labute approximate surface area is 100 Å². The Morgan fingerprint density at radius 3 is 2.76 bits per heavy atom. The van der Waals surface area contributed by atoms with Gasteiger partial charge >= 0.3 is 0 Å². The molecule has 1 fully saturated rings. The number of hydrogen-bond donors (Lipinski definition) is 1. The third kappa shape index (κ3) is 1.66. The summed E-state index contributed by atoms with van der Waals surface area (Å²) in [6.45, 7) is 1.97. The average molecular weight is 231 g/mol. The Morgan fingerprint density at radius 2 is 2.00 bits per heavy atom. The van der Waals surface area contributed by atoms with Crippen molar-refractivity contribution in [2.24, 2.45) is 0 Å². The smallest absolute Gasteiger partial charge is 0.163 e. The van der Waals surface area contributed by atoms with Crippen LogP contribution in [0, 0.1) is 6.92 Å². The minimum atomic E-state index is 0.481. The van der Waals surface area contributed by atoms with Gasteiger partial charge in [0.25, 0.3) is 0 Å². The maximum atomic E-state index is 5.90. The zero-order chi connectivity index (χ0) is 11.8. The minimum Gasteiger partial charge on any atom is -0.383 e. The second-order valence-electron chi connectivity index (χ2n) is 4.78. The number of nitrogens with two attached hydrogens (primary N) is 1. The zero-order valence-electron chi connectivity index (χ0n) is 10.1. The highest BCUT2D eigenvalue weighted by Crippen LogP contribution is 2.31. The van der Waals surface area contributed by atoms with Gasteiger partial charge in [0.15, 0.2) is 5.65 Å². The van der Waals surface area contributed by atoms with E-state index >= 15 is 0 Å². The average Bonchev–Trinajstić information content (AvgIpc) is 2.69. The van der Waals surface area contributed by atoms with Crippen LogP contribution < -0.4 is 5.73 Å². The van der Waals surface area contributed by atoms with E-state index in [4.69, 9.17) is 5.73 Å². The third-order valence-electron chi connectivity index (χ3n) is 3.61. The van der Waals surface area contributed by atoms with Crippen molar-refractivity contribution in [1.82, 2.24) is 19.7 Å². The molecule has 0 spiro atoms. The first kappa shape index (κ1) is 10.5. The molecule has 3 rings (SSSR count). The molecule has 2 aromatic heterocycles. The molecule has 0 amide bonds. The van der Waals surface area contributed by atoms with Crippen LogP contribution in [0.2, 0.25) is 0 Å². The number of aryl methyl sites for hydroxylation is 1. The van der Waals surface area contributed by atoms with Crippen LogP contribution >= 0.6 is 0 Å². The molecule has 2 heterocycles. The zero-order valence-corrected chi connectivity index (χ0v) is 10.1. The van der Waals surface area contributed by atoms with Crippen LogP contribution in [0.3, 0.4) is 0 Å². The number of nitrogen functional groups attached to an aromatic ring is 1. The molecule has 0 unspecified atom stereocenters. The lowest BCUT2D eigenvalue weighted by Crippen LogP contribution is -2.14. The van der Waals surface area contributed by atoms with E-state index in [1.807, 2.05) is 6.92 Å². The Kier molecular flexibility index (Phi) is 2.46. The number of fused-ring (bicyclic) bond motifs is 1. The topological polar surface area (TPSA) is 69.6 Å². The van der Waals surface area contributed by atoms with E-state index in [1.54, 1.807) is 0 Å². The number of anilines is 1. The summed E-state index contributed by atoms with van der Waals surface area (Å²) in [7, 11) is 0. The van der Waals surface area contributed by atoms with Gasteiger partial charge in [-0.25, -0.2) is 14.6 Å². The molecule has 0 bridgehead atoms. The van der Waals surface area contributed by atoms with Gasteiger partial charge in [0.2, 0.25) is 0 Å². The molecule has 1 aliphatic carbocycles. The molecule has 0 saturated heterocycles. The monoisotopic (exact) mass is 231 g/mol. The van der Waals surface area contributed by atoms with Crippen LogP contribution in [0.4, 0.5) is 5.82 Å². The second-order valence-corrected chi connectivity index (χ2v) is 4.78. The lowest BCUT2D eigenvalue weighted by Gasteiger charge is -2.22. The fourth-order valence-electron chi connectivity index (χ4n) is 2.75. The number of aromatic nitrogens is 4. The standard InChI is InChI=1S/C12H17N5/c1-8-10-11(13)14-7-15-12(10)17(16-8)9-5-3-2-4-6-9/h7,9H,2-6H2,1H3,(H2,13,14,15). The van der Waals surface area contributed by atoms with Gasteiger partial charge in [0, 0.05) is 0 Å². The van der Waals surface area contributed by atoms with E-state index < -0.39 is 0 Å². The van der Waals surface area contributed by atoms with Crippen molar-refractivity contribution in [2.45, 2.75) is 45.1 Å². The van der Waals surface area contributed by atoms with E-state index in [9.17, 15) is 0 Å². The minimum absolute atomic E-state index is 0.481. The maximum absolute atomic E-state index is 5.90. The van der Waals surface area contributed by atoms with E-state index in [0.29, 0.717) is 11.9 Å². The molecule has 5 nitrogen and oxygen atoms in total. The molecule has 2 aromatic rings. The summed E-state index contributed by atoms with van der Waals surface area (Å²) in [6, 6.07) is 0.481. The fraction of sp³-hybridized carbons (Fsp3) is 0.583. The predicted molar refractivity (Wildman–Crippen MR) is 66.6 cm³/mol. The number of nitrogens with zero attached hydrogens (tertiary/aromatic N) is 4. The molecular formula is C12H17N5. The van der Waals surface area contributed by atoms with Crippen molar-refractivity contribution in [2.75, 3.05) is 5.73 Å². The van der Waals surface area contributed by atoms with Crippen LogP contribution in [0.1, 0.15) is 43.8 Å². The van der Waals surface area contributed by atoms with Crippen LogP contribution in [-0.2, 0) is 0 Å². The van der Waals surface area contributed by atoms with Crippen LogP contribution in [0.15, 0.2) is 6.33 Å². The predicted octanol–water partition coefficient (Wildman–Crippen LogP) is 2.22. The molecule has 0 radical (unpaired) electrons. The highest BCUT2D eigenvalue weighted by atomic mass is 15.3. The molecule has 0 aliphatic heterocycles. The summed E-state index contributed by atoms with van der Waals surface area (Å²) < 4.78 is 2.06. The molecular weight excluding hydrogens is 214 g/mol. The van der Waals surface area contributed by atoms with Gasteiger partial charge in [-0.2, -0.15) is 5.10 Å². The van der Waals surface area contributed by atoms with Gasteiger partial charge in [-0.15, -0.1) is 0 Å². The summed E-state index contributed by atoms with van der Waals surface area (Å²) >= 11 is 0. The molecule has 0 aromatic carbocycles. The normalized spacial score (nSPS) is 17.7. The lowest BCUT2D eigenvalue weighted by molar-refractivity contribution is 0.335.